The number of nitrogens with two attached hydrogens (primary N) is 1. The van der Waals surface area contributed by atoms with E-state index in [1.54, 1.807) is 11.3 Å². The largest absolute Gasteiger partial charge is 0.875 e. The molecule has 164 valence electrons. The van der Waals surface area contributed by atoms with Crippen LogP contribution in [-0.4, -0.2) is 40.2 Å². The van der Waals surface area contributed by atoms with Crippen molar-refractivity contribution in [2.75, 3.05) is 6.54 Å². The first-order valence-corrected chi connectivity index (χ1v) is 10.9. The Balaban J connectivity index is 1.62. The fourth-order valence-electron chi connectivity index (χ4n) is 3.69. The molecule has 1 fully saturated rings. The van der Waals surface area contributed by atoms with Crippen molar-refractivity contribution in [2.24, 2.45) is 5.73 Å². The van der Waals surface area contributed by atoms with Crippen LogP contribution in [0.25, 0.3) is 10.4 Å². The number of carbonyl (C=O) groups is 3. The first-order valence-electron chi connectivity index (χ1n) is 10.0. The summed E-state index contributed by atoms with van der Waals surface area (Å²) < 4.78 is 0. The monoisotopic (exact) mass is 441 g/mol. The molecule has 0 aliphatic carbocycles. The molecule has 1 aromatic heterocycles. The maximum atomic E-state index is 12.8. The smallest absolute Gasteiger partial charge is 0.243 e. The molecule has 8 nitrogen and oxygen atoms in total. The van der Waals surface area contributed by atoms with Crippen LogP contribution in [0.3, 0.4) is 0 Å². The molecule has 0 saturated carbocycles. The summed E-state index contributed by atoms with van der Waals surface area (Å²) in [6, 6.07) is 7.07. The predicted octanol–water partition coefficient (Wildman–Crippen LogP) is 1.41. The summed E-state index contributed by atoms with van der Waals surface area (Å²) in [4.78, 5) is 42.9. The van der Waals surface area contributed by atoms with Crippen LogP contribution in [0.5, 0.6) is 0 Å². The van der Waals surface area contributed by atoms with Crippen LogP contribution in [0.2, 0.25) is 0 Å². The third-order valence-electron chi connectivity index (χ3n) is 5.28. The summed E-state index contributed by atoms with van der Waals surface area (Å²) >= 11 is 1.58. The molecule has 31 heavy (non-hydrogen) atoms. The number of amides is 3. The van der Waals surface area contributed by atoms with E-state index in [1.165, 1.54) is 4.90 Å². The maximum absolute atomic E-state index is 12.8. The van der Waals surface area contributed by atoms with Gasteiger partial charge in [-0.05, 0) is 43.9 Å². The van der Waals surface area contributed by atoms with Gasteiger partial charge in [0, 0.05) is 13.0 Å². The van der Waals surface area contributed by atoms with E-state index in [0.29, 0.717) is 25.5 Å². The highest BCUT2D eigenvalue weighted by Crippen LogP contribution is 2.28. The van der Waals surface area contributed by atoms with Gasteiger partial charge >= 0.3 is 0 Å². The van der Waals surface area contributed by atoms with Gasteiger partial charge in [-0.25, -0.2) is 4.98 Å². The molecular weight excluding hydrogens is 416 g/mol. The number of hydrogen-bond acceptors (Lipinski definition) is 6. The molecule has 9 heteroatoms. The Morgan fingerprint density at radius 3 is 2.68 bits per heavy atom. The van der Waals surface area contributed by atoms with E-state index in [-0.39, 0.29) is 11.9 Å². The Kier molecular flexibility index (Phi) is 7.06. The number of aromatic nitrogens is 1. The standard InChI is InChI=1S/C22H26N4O4S/c1-13(15-5-7-16(8-6-15)21-14(2)24-12-31-21)25-22(30)18-4-3-9-26(18)20(29)11-17(27)10-19(23)28/h5-8,10,12-13,18,27H,3-4,9,11H2,1-2H3,(H2,23,28)(H,25,30)/p-1/b17-10-/t13-,18-/m0/s1. The molecule has 0 radical (unpaired) electrons. The van der Waals surface area contributed by atoms with Gasteiger partial charge in [-0.15, -0.1) is 17.1 Å². The van der Waals surface area contributed by atoms with Crippen LogP contribution in [0.15, 0.2) is 41.6 Å². The van der Waals surface area contributed by atoms with Crippen LogP contribution < -0.4 is 16.2 Å². The van der Waals surface area contributed by atoms with Gasteiger partial charge < -0.3 is 21.1 Å². The lowest BCUT2D eigenvalue weighted by Gasteiger charge is -2.27. The molecule has 0 spiro atoms. The lowest BCUT2D eigenvalue weighted by molar-refractivity contribution is -0.305. The van der Waals surface area contributed by atoms with Gasteiger partial charge in [-0.1, -0.05) is 24.3 Å². The van der Waals surface area contributed by atoms with Crippen molar-refractivity contribution in [1.29, 1.82) is 0 Å². The molecule has 1 aliphatic heterocycles. The highest BCUT2D eigenvalue weighted by molar-refractivity contribution is 7.13. The van der Waals surface area contributed by atoms with Crippen LogP contribution in [0.4, 0.5) is 0 Å². The molecule has 3 rings (SSSR count). The molecular formula is C22H25N4O4S-. The SMILES string of the molecule is Cc1ncsc1-c1ccc([C@H](C)NC(=O)[C@@H]2CCCN2C(=O)C/C([O-])=C/C(N)=O)cc1. The number of hydrogen-bond donors (Lipinski definition) is 2. The Hall–Kier alpha value is -3.20. The summed E-state index contributed by atoms with van der Waals surface area (Å²) in [5.41, 5.74) is 9.77. The van der Waals surface area contributed by atoms with Crippen molar-refractivity contribution in [3.63, 3.8) is 0 Å². The van der Waals surface area contributed by atoms with E-state index in [0.717, 1.165) is 21.7 Å². The van der Waals surface area contributed by atoms with Crippen molar-refractivity contribution in [1.82, 2.24) is 15.2 Å². The topological polar surface area (TPSA) is 128 Å². The number of aryl methyl sites for hydroxylation is 1. The van der Waals surface area contributed by atoms with E-state index in [4.69, 9.17) is 5.73 Å². The minimum atomic E-state index is -0.890. The zero-order valence-electron chi connectivity index (χ0n) is 17.5. The van der Waals surface area contributed by atoms with Crippen molar-refractivity contribution < 1.29 is 19.5 Å². The lowest BCUT2D eigenvalue weighted by Crippen LogP contribution is -2.46. The third-order valence-corrected chi connectivity index (χ3v) is 6.26. The molecule has 0 unspecified atom stereocenters. The second kappa shape index (κ2) is 9.74. The van der Waals surface area contributed by atoms with Crippen molar-refractivity contribution in [3.8, 4) is 10.4 Å². The van der Waals surface area contributed by atoms with Crippen molar-refractivity contribution in [3.05, 3.63) is 52.9 Å². The minimum Gasteiger partial charge on any atom is -0.875 e. The maximum Gasteiger partial charge on any atom is 0.243 e. The average Bonchev–Trinajstić information content (AvgIpc) is 3.36. The van der Waals surface area contributed by atoms with E-state index >= 15 is 0 Å². The van der Waals surface area contributed by atoms with Crippen LogP contribution in [0.1, 0.15) is 43.5 Å². The normalized spacial score (nSPS) is 17.4. The zero-order chi connectivity index (χ0) is 22.5. The van der Waals surface area contributed by atoms with Gasteiger partial charge in [0.25, 0.3) is 0 Å². The fraction of sp³-hybridized carbons (Fsp3) is 0.364. The average molecular weight is 442 g/mol. The Morgan fingerprint density at radius 2 is 2.06 bits per heavy atom. The summed E-state index contributed by atoms with van der Waals surface area (Å²) in [6.45, 7) is 4.26. The van der Waals surface area contributed by atoms with E-state index in [9.17, 15) is 19.5 Å². The second-order valence-corrected chi connectivity index (χ2v) is 8.41. The summed E-state index contributed by atoms with van der Waals surface area (Å²) in [6.07, 6.45) is 1.43. The molecule has 3 N–H and O–H groups in total. The van der Waals surface area contributed by atoms with Gasteiger partial charge in [0.2, 0.25) is 17.7 Å². The number of thiazole rings is 1. The molecule has 2 atom stereocenters. The van der Waals surface area contributed by atoms with E-state index in [1.807, 2.05) is 43.6 Å². The van der Waals surface area contributed by atoms with E-state index in [2.05, 4.69) is 10.3 Å². The predicted molar refractivity (Wildman–Crippen MR) is 115 cm³/mol. The fourth-order valence-corrected chi connectivity index (χ4v) is 4.50. The van der Waals surface area contributed by atoms with Gasteiger partial charge in [-0.2, -0.15) is 0 Å². The molecule has 3 amide bonds. The van der Waals surface area contributed by atoms with E-state index < -0.39 is 30.0 Å². The molecule has 1 aromatic carbocycles. The highest BCUT2D eigenvalue weighted by Gasteiger charge is 2.34. The van der Waals surface area contributed by atoms with Crippen LogP contribution in [-0.2, 0) is 14.4 Å². The summed E-state index contributed by atoms with van der Waals surface area (Å²) in [5.74, 6) is -2.28. The number of nitrogens with one attached hydrogen (secondary N) is 1. The molecule has 0 bridgehead atoms. The first-order chi connectivity index (χ1) is 14.8. The first kappa shape index (κ1) is 22.5. The number of likely N-dealkylation sites (tertiary alicyclic amines) is 1. The Bertz CT molecular complexity index is 999. The number of nitrogens with zero attached hydrogens (tertiary/aromatic N) is 2. The molecule has 2 aromatic rings. The lowest BCUT2D eigenvalue weighted by atomic mass is 10.0. The van der Waals surface area contributed by atoms with Gasteiger partial charge in [0.1, 0.15) is 6.04 Å². The van der Waals surface area contributed by atoms with Gasteiger partial charge in [0.15, 0.2) is 0 Å². The number of rotatable bonds is 7. The highest BCUT2D eigenvalue weighted by atomic mass is 32.1. The van der Waals surface area contributed by atoms with Gasteiger partial charge in [-0.3, -0.25) is 14.4 Å². The number of benzene rings is 1. The van der Waals surface area contributed by atoms with Crippen molar-refractivity contribution >= 4 is 29.1 Å². The number of carbonyl (C=O) groups excluding carboxylic acids is 3. The Labute approximate surface area is 184 Å². The quantitative estimate of drug-likeness (QED) is 0.496. The Morgan fingerprint density at radius 1 is 1.35 bits per heavy atom. The minimum absolute atomic E-state index is 0.244. The molecule has 1 aliphatic rings. The van der Waals surface area contributed by atoms with Crippen molar-refractivity contribution in [2.45, 2.75) is 45.2 Å². The van der Waals surface area contributed by atoms with Crippen LogP contribution >= 0.6 is 11.3 Å². The second-order valence-electron chi connectivity index (χ2n) is 7.55. The van der Waals surface area contributed by atoms with Gasteiger partial charge in [0.05, 0.1) is 22.1 Å². The summed E-state index contributed by atoms with van der Waals surface area (Å²) in [5, 5.41) is 14.7. The zero-order valence-corrected chi connectivity index (χ0v) is 18.3. The summed E-state index contributed by atoms with van der Waals surface area (Å²) in [7, 11) is 0. The third kappa shape index (κ3) is 5.49. The molecule has 1 saturated heterocycles. The number of primary amides is 1. The van der Waals surface area contributed by atoms with Crippen LogP contribution in [0, 0.1) is 6.92 Å². The molecule has 2 heterocycles.